The molecule has 1 fully saturated rings. The molecule has 178 valence electrons. The molecule has 1 atom stereocenters. The first kappa shape index (κ1) is 26.6. The van der Waals surface area contributed by atoms with Gasteiger partial charge in [0.15, 0.2) is 5.84 Å². The zero-order valence-corrected chi connectivity index (χ0v) is 19.5. The van der Waals surface area contributed by atoms with Crippen molar-refractivity contribution in [1.82, 2.24) is 4.90 Å². The molecule has 3 N–H and O–H groups in total. The molecule has 1 aliphatic rings. The van der Waals surface area contributed by atoms with Gasteiger partial charge >= 0.3 is 6.18 Å². The van der Waals surface area contributed by atoms with Gasteiger partial charge in [-0.3, -0.25) is 10.2 Å². The number of hydrogen-bond acceptors (Lipinski definition) is 3. The van der Waals surface area contributed by atoms with Crippen LogP contribution in [0.2, 0.25) is 5.02 Å². The summed E-state index contributed by atoms with van der Waals surface area (Å²) in [6.45, 7) is 3.58. The number of benzene rings is 1. The first-order chi connectivity index (χ1) is 15.5. The van der Waals surface area contributed by atoms with Crippen LogP contribution in [0.1, 0.15) is 42.6 Å². The van der Waals surface area contributed by atoms with E-state index < -0.39 is 23.7 Å². The monoisotopic (exact) mass is 501 g/mol. The fourth-order valence-electron chi connectivity index (χ4n) is 3.03. The summed E-state index contributed by atoms with van der Waals surface area (Å²) in [5, 5.41) is 7.61. The highest BCUT2D eigenvalue weighted by atomic mass is 35.5. The fourth-order valence-corrected chi connectivity index (χ4v) is 3.37. The van der Waals surface area contributed by atoms with Crippen molar-refractivity contribution < 1.29 is 18.0 Å². The van der Waals surface area contributed by atoms with Crippen LogP contribution < -0.4 is 5.73 Å². The van der Waals surface area contributed by atoms with Crippen molar-refractivity contribution >= 4 is 47.0 Å². The molecule has 1 unspecified atom stereocenters. The molecule has 1 aromatic carbocycles. The molecule has 2 rings (SSSR count). The maximum absolute atomic E-state index is 13.4. The van der Waals surface area contributed by atoms with E-state index in [1.807, 2.05) is 0 Å². The van der Waals surface area contributed by atoms with Gasteiger partial charge in [0.1, 0.15) is 6.34 Å². The number of nitrogens with two attached hydrogens (primary N) is 1. The second-order valence-corrected chi connectivity index (χ2v) is 8.58. The minimum Gasteiger partial charge on any atom is -0.405 e. The average Bonchev–Trinajstić information content (AvgIpc) is 3.53. The highest BCUT2D eigenvalue weighted by Crippen LogP contribution is 2.34. The number of carbonyl (C=O) groups excluding carboxylic acids is 1. The van der Waals surface area contributed by atoms with E-state index in [0.29, 0.717) is 17.3 Å². The van der Waals surface area contributed by atoms with Crippen molar-refractivity contribution in [3.8, 4) is 0 Å². The second kappa shape index (κ2) is 11.5. The molecule has 1 aromatic rings. The SMILES string of the molecule is C/C(Cl)=C\C(C=CN)=NC(=NC=N)C(C)N(CC1CC1)C(=O)c1cc(Cl)cc(C(F)(F)F)c1. The van der Waals surface area contributed by atoms with Gasteiger partial charge in [0, 0.05) is 22.2 Å². The predicted octanol–water partition coefficient (Wildman–Crippen LogP) is 5.66. The summed E-state index contributed by atoms with van der Waals surface area (Å²) < 4.78 is 39.8. The molecule has 1 amide bonds. The number of nitrogens with one attached hydrogen (secondary N) is 1. The zero-order valence-electron chi connectivity index (χ0n) is 18.0. The van der Waals surface area contributed by atoms with Gasteiger partial charge in [0.25, 0.3) is 5.91 Å². The molecule has 1 aliphatic carbocycles. The molecule has 11 heteroatoms. The van der Waals surface area contributed by atoms with Gasteiger partial charge in [0.2, 0.25) is 0 Å². The third kappa shape index (κ3) is 8.01. The normalized spacial score (nSPS) is 16.8. The lowest BCUT2D eigenvalue weighted by molar-refractivity contribution is -0.137. The number of hydrogen-bond donors (Lipinski definition) is 2. The van der Waals surface area contributed by atoms with Crippen LogP contribution in [0.3, 0.4) is 0 Å². The molecular formula is C22H24Cl2F3N5O. The lowest BCUT2D eigenvalue weighted by Gasteiger charge is -2.29. The van der Waals surface area contributed by atoms with Crippen molar-refractivity contribution in [3.63, 3.8) is 0 Å². The maximum Gasteiger partial charge on any atom is 0.416 e. The topological polar surface area (TPSA) is 94.9 Å². The van der Waals surface area contributed by atoms with Crippen LogP contribution in [0.4, 0.5) is 13.2 Å². The van der Waals surface area contributed by atoms with E-state index in [0.717, 1.165) is 31.3 Å². The third-order valence-electron chi connectivity index (χ3n) is 4.78. The van der Waals surface area contributed by atoms with Crippen LogP contribution >= 0.6 is 23.2 Å². The van der Waals surface area contributed by atoms with Crippen LogP contribution in [0, 0.1) is 11.3 Å². The molecule has 6 nitrogen and oxygen atoms in total. The summed E-state index contributed by atoms with van der Waals surface area (Å²) >= 11 is 11.8. The van der Waals surface area contributed by atoms with Gasteiger partial charge in [-0.15, -0.1) is 0 Å². The fraction of sp³-hybridized carbons (Fsp3) is 0.364. The first-order valence-corrected chi connectivity index (χ1v) is 10.8. The minimum atomic E-state index is -4.65. The molecular weight excluding hydrogens is 478 g/mol. The highest BCUT2D eigenvalue weighted by molar-refractivity contribution is 6.32. The number of alkyl halides is 3. The highest BCUT2D eigenvalue weighted by Gasteiger charge is 2.35. The molecule has 0 saturated heterocycles. The summed E-state index contributed by atoms with van der Waals surface area (Å²) in [5.41, 5.74) is 4.59. The molecule has 0 heterocycles. The Morgan fingerprint density at radius 3 is 2.55 bits per heavy atom. The Morgan fingerprint density at radius 2 is 2.03 bits per heavy atom. The molecule has 1 saturated carbocycles. The molecule has 0 aliphatic heterocycles. The largest absolute Gasteiger partial charge is 0.416 e. The lowest BCUT2D eigenvalue weighted by atomic mass is 10.1. The van der Waals surface area contributed by atoms with E-state index in [1.54, 1.807) is 13.8 Å². The maximum atomic E-state index is 13.4. The summed E-state index contributed by atoms with van der Waals surface area (Å²) in [4.78, 5) is 23.1. The Labute approximate surface area is 200 Å². The smallest absolute Gasteiger partial charge is 0.405 e. The van der Waals surface area contributed by atoms with Gasteiger partial charge in [-0.05, 0) is 69.2 Å². The van der Waals surface area contributed by atoms with Crippen molar-refractivity contribution in [3.05, 3.63) is 57.7 Å². The molecule has 0 spiro atoms. The van der Waals surface area contributed by atoms with Gasteiger partial charge in [-0.2, -0.15) is 13.2 Å². The van der Waals surface area contributed by atoms with Crippen LogP contribution in [0.5, 0.6) is 0 Å². The summed E-state index contributed by atoms with van der Waals surface area (Å²) in [7, 11) is 0. The van der Waals surface area contributed by atoms with E-state index in [9.17, 15) is 18.0 Å². The van der Waals surface area contributed by atoms with Crippen LogP contribution in [0.25, 0.3) is 0 Å². The van der Waals surface area contributed by atoms with Gasteiger partial charge in [0.05, 0.1) is 17.3 Å². The number of aliphatic imine (C=N–C) groups is 2. The number of carbonyl (C=O) groups is 1. The number of amidine groups is 1. The minimum absolute atomic E-state index is 0.0966. The molecule has 0 radical (unpaired) electrons. The van der Waals surface area contributed by atoms with Crippen molar-refractivity contribution in [2.45, 2.75) is 38.9 Å². The average molecular weight is 502 g/mol. The van der Waals surface area contributed by atoms with Gasteiger partial charge in [-0.25, -0.2) is 9.98 Å². The quantitative estimate of drug-likeness (QED) is 0.355. The summed E-state index contributed by atoms with van der Waals surface area (Å²) in [5.74, 6) is -0.328. The Bertz CT molecular complexity index is 1010. The third-order valence-corrected chi connectivity index (χ3v) is 5.11. The van der Waals surface area contributed by atoms with E-state index in [1.165, 1.54) is 29.3 Å². The van der Waals surface area contributed by atoms with E-state index in [2.05, 4.69) is 9.98 Å². The van der Waals surface area contributed by atoms with Gasteiger partial charge in [-0.1, -0.05) is 23.2 Å². The summed E-state index contributed by atoms with van der Waals surface area (Å²) in [6.07, 6.45) is 2.16. The number of allylic oxidation sites excluding steroid dienone is 3. The van der Waals surface area contributed by atoms with Crippen molar-refractivity contribution in [2.75, 3.05) is 6.54 Å². The number of rotatable bonds is 8. The van der Waals surface area contributed by atoms with E-state index in [4.69, 9.17) is 34.3 Å². The Kier molecular flexibility index (Phi) is 9.25. The number of nitrogens with zero attached hydrogens (tertiary/aromatic N) is 3. The van der Waals surface area contributed by atoms with E-state index >= 15 is 0 Å². The Balaban J connectivity index is 2.51. The van der Waals surface area contributed by atoms with Crippen molar-refractivity contribution in [1.29, 1.82) is 5.41 Å². The van der Waals surface area contributed by atoms with Crippen LogP contribution in [-0.4, -0.2) is 41.3 Å². The zero-order chi connectivity index (χ0) is 24.8. The van der Waals surface area contributed by atoms with Crippen molar-refractivity contribution in [2.24, 2.45) is 21.6 Å². The lowest BCUT2D eigenvalue weighted by Crippen LogP contribution is -2.44. The van der Waals surface area contributed by atoms with Crippen LogP contribution in [0.15, 0.2) is 51.6 Å². The molecule has 33 heavy (non-hydrogen) atoms. The number of halogens is 5. The Morgan fingerprint density at radius 1 is 1.36 bits per heavy atom. The number of amides is 1. The standard InChI is InChI=1S/C22H24Cl2F3N5O/c1-13(23)7-19(5-6-28)31-20(30-12-29)14(2)32(11-15-3-4-15)21(33)16-8-17(22(25,26)27)10-18(24)9-16/h5-10,12,14-15,29H,3-4,11,28H2,1-2H3/b6-5?,13-7+,29-12?,30-20?,31-19?. The predicted molar refractivity (Wildman–Crippen MR) is 126 cm³/mol. The Hall–Kier alpha value is -2.65. The first-order valence-electron chi connectivity index (χ1n) is 10.0. The summed E-state index contributed by atoms with van der Waals surface area (Å²) in [6, 6.07) is 1.98. The molecule has 0 aromatic heterocycles. The molecule has 0 bridgehead atoms. The van der Waals surface area contributed by atoms with Crippen LogP contribution in [-0.2, 0) is 6.18 Å². The van der Waals surface area contributed by atoms with Gasteiger partial charge < -0.3 is 10.6 Å². The second-order valence-electron chi connectivity index (χ2n) is 7.55. The van der Waals surface area contributed by atoms with E-state index in [-0.39, 0.29) is 22.3 Å².